The third-order valence-corrected chi connectivity index (χ3v) is 5.38. The fourth-order valence-corrected chi connectivity index (χ4v) is 4.14. The van der Waals surface area contributed by atoms with Crippen LogP contribution in [0, 0.1) is 0 Å². The summed E-state index contributed by atoms with van der Waals surface area (Å²) in [5.74, 6) is 0. The van der Waals surface area contributed by atoms with Gasteiger partial charge in [0.25, 0.3) is 0 Å². The lowest BCUT2D eigenvalue weighted by Gasteiger charge is -2.30. The third-order valence-electron chi connectivity index (χ3n) is 4.36. The second kappa shape index (κ2) is 5.17. The topological polar surface area (TPSA) is 29.3 Å². The number of hydrogen-bond donors (Lipinski definition) is 1. The summed E-state index contributed by atoms with van der Waals surface area (Å²) in [6, 6.07) is 15.3. The van der Waals surface area contributed by atoms with Crippen molar-refractivity contribution in [3.8, 4) is 0 Å². The van der Waals surface area contributed by atoms with Crippen molar-refractivity contribution in [2.45, 2.75) is 19.5 Å². The zero-order valence-electron chi connectivity index (χ0n) is 11.9. The number of fused-ring (bicyclic) bond motifs is 2. The molecule has 0 amide bonds. The average molecular weight is 294 g/mol. The largest absolute Gasteiger partial charge is 0.366 e. The van der Waals surface area contributed by atoms with Gasteiger partial charge in [-0.15, -0.1) is 11.3 Å². The van der Waals surface area contributed by atoms with Gasteiger partial charge < -0.3 is 10.6 Å². The number of nitrogens with two attached hydrogens (primary N) is 1. The average Bonchev–Trinajstić information content (AvgIpc) is 3.01. The van der Waals surface area contributed by atoms with Gasteiger partial charge in [0, 0.05) is 35.6 Å². The van der Waals surface area contributed by atoms with Crippen LogP contribution in [0.5, 0.6) is 0 Å². The Morgan fingerprint density at radius 2 is 1.90 bits per heavy atom. The van der Waals surface area contributed by atoms with Gasteiger partial charge in [-0.2, -0.15) is 0 Å². The first-order valence-corrected chi connectivity index (χ1v) is 8.25. The van der Waals surface area contributed by atoms with Crippen LogP contribution in [0.4, 0.5) is 5.69 Å². The molecule has 2 N–H and O–H groups in total. The first kappa shape index (κ1) is 12.9. The highest BCUT2D eigenvalue weighted by atomic mass is 32.1. The SMILES string of the molecule is NCc1ccc(N2CCc3sccc3C2)c2ccccc12. The molecular formula is C18H18N2S. The van der Waals surface area contributed by atoms with Crippen LogP contribution in [-0.2, 0) is 19.5 Å². The molecule has 1 aromatic heterocycles. The summed E-state index contributed by atoms with van der Waals surface area (Å²) in [7, 11) is 0. The molecule has 0 saturated carbocycles. The van der Waals surface area contributed by atoms with Crippen molar-refractivity contribution >= 4 is 27.8 Å². The van der Waals surface area contributed by atoms with Gasteiger partial charge in [0.05, 0.1) is 0 Å². The minimum Gasteiger partial charge on any atom is -0.366 e. The predicted molar refractivity (Wildman–Crippen MR) is 90.9 cm³/mol. The van der Waals surface area contributed by atoms with E-state index in [1.54, 1.807) is 4.88 Å². The van der Waals surface area contributed by atoms with Crippen LogP contribution in [0.25, 0.3) is 10.8 Å². The molecule has 0 fully saturated rings. The standard InChI is InChI=1S/C18H18N2S/c19-11-13-5-6-17(16-4-2-1-3-15(13)16)20-9-7-18-14(12-20)8-10-21-18/h1-6,8,10H,7,9,11-12,19H2. The van der Waals surface area contributed by atoms with Crippen LogP contribution in [0.3, 0.4) is 0 Å². The lowest BCUT2D eigenvalue weighted by molar-refractivity contribution is 0.746. The van der Waals surface area contributed by atoms with Crippen LogP contribution in [-0.4, -0.2) is 6.54 Å². The quantitative estimate of drug-likeness (QED) is 0.776. The van der Waals surface area contributed by atoms with Crippen molar-refractivity contribution in [2.75, 3.05) is 11.4 Å². The minimum absolute atomic E-state index is 0.593. The van der Waals surface area contributed by atoms with Crippen LogP contribution >= 0.6 is 11.3 Å². The van der Waals surface area contributed by atoms with E-state index in [0.717, 1.165) is 19.5 Å². The van der Waals surface area contributed by atoms with Gasteiger partial charge >= 0.3 is 0 Å². The number of thiophene rings is 1. The first-order chi connectivity index (χ1) is 10.4. The molecule has 0 atom stereocenters. The number of rotatable bonds is 2. The Kier molecular flexibility index (Phi) is 3.17. The highest BCUT2D eigenvalue weighted by Gasteiger charge is 2.19. The lowest BCUT2D eigenvalue weighted by Crippen LogP contribution is -2.29. The second-order valence-corrected chi connectivity index (χ2v) is 6.53. The molecule has 0 spiro atoms. The van der Waals surface area contributed by atoms with E-state index in [0.29, 0.717) is 6.54 Å². The fourth-order valence-electron chi connectivity index (χ4n) is 3.25. The summed E-state index contributed by atoms with van der Waals surface area (Å²) in [6.45, 7) is 2.71. The molecular weight excluding hydrogens is 276 g/mol. The maximum absolute atomic E-state index is 5.88. The molecule has 0 unspecified atom stereocenters. The highest BCUT2D eigenvalue weighted by molar-refractivity contribution is 7.10. The van der Waals surface area contributed by atoms with Gasteiger partial charge in [0.15, 0.2) is 0 Å². The van der Waals surface area contributed by atoms with Crippen molar-refractivity contribution < 1.29 is 0 Å². The smallest absolute Gasteiger partial charge is 0.0449 e. The Morgan fingerprint density at radius 1 is 1.05 bits per heavy atom. The molecule has 1 aliphatic rings. The van der Waals surface area contributed by atoms with E-state index >= 15 is 0 Å². The minimum atomic E-state index is 0.593. The number of benzene rings is 2. The molecule has 3 aromatic rings. The van der Waals surface area contributed by atoms with Crippen molar-refractivity contribution in [3.05, 3.63) is 63.8 Å². The number of anilines is 1. The summed E-state index contributed by atoms with van der Waals surface area (Å²) in [6.07, 6.45) is 1.15. The summed E-state index contributed by atoms with van der Waals surface area (Å²) >= 11 is 1.89. The van der Waals surface area contributed by atoms with Crippen LogP contribution in [0.2, 0.25) is 0 Å². The van der Waals surface area contributed by atoms with Gasteiger partial charge in [0.2, 0.25) is 0 Å². The Hall–Kier alpha value is -1.84. The maximum Gasteiger partial charge on any atom is 0.0449 e. The fraction of sp³-hybridized carbons (Fsp3) is 0.222. The van der Waals surface area contributed by atoms with Crippen molar-refractivity contribution in [3.63, 3.8) is 0 Å². The van der Waals surface area contributed by atoms with E-state index < -0.39 is 0 Å². The van der Waals surface area contributed by atoms with Crippen LogP contribution < -0.4 is 10.6 Å². The molecule has 1 aliphatic heterocycles. The number of hydrogen-bond acceptors (Lipinski definition) is 3. The van der Waals surface area contributed by atoms with Gasteiger partial charge in [0.1, 0.15) is 0 Å². The zero-order valence-corrected chi connectivity index (χ0v) is 12.7. The molecule has 2 heterocycles. The molecule has 2 nitrogen and oxygen atoms in total. The summed E-state index contributed by atoms with van der Waals surface area (Å²) < 4.78 is 0. The normalized spacial score (nSPS) is 14.4. The summed E-state index contributed by atoms with van der Waals surface area (Å²) in [4.78, 5) is 4.05. The molecule has 0 radical (unpaired) electrons. The molecule has 21 heavy (non-hydrogen) atoms. The van der Waals surface area contributed by atoms with Gasteiger partial charge in [-0.1, -0.05) is 30.3 Å². The molecule has 106 valence electrons. The van der Waals surface area contributed by atoms with E-state index in [2.05, 4.69) is 52.7 Å². The third kappa shape index (κ3) is 2.13. The molecule has 0 saturated heterocycles. The number of nitrogens with zero attached hydrogens (tertiary/aromatic N) is 1. The van der Waals surface area contributed by atoms with Gasteiger partial charge in [-0.05, 0) is 40.4 Å². The molecule has 0 bridgehead atoms. The summed E-state index contributed by atoms with van der Waals surface area (Å²) in [5.41, 5.74) is 9.92. The lowest BCUT2D eigenvalue weighted by atomic mass is 10.0. The zero-order chi connectivity index (χ0) is 14.2. The van der Waals surface area contributed by atoms with Crippen molar-refractivity contribution in [2.24, 2.45) is 5.73 Å². The molecule has 0 aliphatic carbocycles. The van der Waals surface area contributed by atoms with Crippen LogP contribution in [0.15, 0.2) is 47.8 Å². The van der Waals surface area contributed by atoms with Gasteiger partial charge in [-0.3, -0.25) is 0 Å². The van der Waals surface area contributed by atoms with E-state index in [4.69, 9.17) is 5.73 Å². The van der Waals surface area contributed by atoms with Crippen molar-refractivity contribution in [1.29, 1.82) is 0 Å². The maximum atomic E-state index is 5.88. The Labute approximate surface area is 128 Å². The van der Waals surface area contributed by atoms with E-state index in [9.17, 15) is 0 Å². The molecule has 3 heteroatoms. The van der Waals surface area contributed by atoms with E-state index in [-0.39, 0.29) is 0 Å². The van der Waals surface area contributed by atoms with E-state index in [1.165, 1.54) is 27.6 Å². The van der Waals surface area contributed by atoms with Gasteiger partial charge in [-0.25, -0.2) is 0 Å². The molecule has 2 aromatic carbocycles. The monoisotopic (exact) mass is 294 g/mol. The first-order valence-electron chi connectivity index (χ1n) is 7.37. The van der Waals surface area contributed by atoms with Crippen LogP contribution in [0.1, 0.15) is 16.0 Å². The van der Waals surface area contributed by atoms with Crippen molar-refractivity contribution in [1.82, 2.24) is 0 Å². The molecule has 4 rings (SSSR count). The summed E-state index contributed by atoms with van der Waals surface area (Å²) in [5, 5.41) is 4.82. The highest BCUT2D eigenvalue weighted by Crippen LogP contribution is 2.33. The Morgan fingerprint density at radius 3 is 2.76 bits per heavy atom. The predicted octanol–water partition coefficient (Wildman–Crippen LogP) is 3.92. The second-order valence-electron chi connectivity index (χ2n) is 5.53. The van der Waals surface area contributed by atoms with E-state index in [1.807, 2.05) is 11.3 Å². The Balaban J connectivity index is 1.81. The Bertz CT molecular complexity index is 791.